The lowest BCUT2D eigenvalue weighted by Gasteiger charge is -2.24. The molecule has 1 aliphatic rings. The number of carbonyl (C=O) groups excluding carboxylic acids is 1. The van der Waals surface area contributed by atoms with Crippen molar-refractivity contribution in [2.75, 3.05) is 5.32 Å². The van der Waals surface area contributed by atoms with E-state index in [1.165, 1.54) is 5.56 Å². The van der Waals surface area contributed by atoms with E-state index in [1.54, 1.807) is 18.3 Å². The topological polar surface area (TPSA) is 71.5 Å². The number of amides is 1. The lowest BCUT2D eigenvalue weighted by Crippen LogP contribution is -2.28. The monoisotopic (exact) mass is 340 g/mol. The third kappa shape index (κ3) is 4.79. The normalized spacial score (nSPS) is 20.1. The second-order valence-corrected chi connectivity index (χ2v) is 6.48. The van der Waals surface area contributed by atoms with E-state index in [-0.39, 0.29) is 17.9 Å². The molecule has 25 heavy (non-hydrogen) atoms. The van der Waals surface area contributed by atoms with E-state index in [9.17, 15) is 9.90 Å². The van der Waals surface area contributed by atoms with E-state index < -0.39 is 0 Å². The molecular formula is C20H24N2O3. The van der Waals surface area contributed by atoms with Crippen LogP contribution in [0.4, 0.5) is 5.69 Å². The van der Waals surface area contributed by atoms with E-state index in [1.807, 2.05) is 18.2 Å². The van der Waals surface area contributed by atoms with Gasteiger partial charge in [-0.2, -0.15) is 0 Å². The first-order chi connectivity index (χ1) is 12.1. The number of rotatable bonds is 5. The molecule has 0 radical (unpaired) electrons. The number of aromatic nitrogens is 1. The van der Waals surface area contributed by atoms with Gasteiger partial charge in [0.2, 0.25) is 11.8 Å². The molecule has 1 amide bonds. The summed E-state index contributed by atoms with van der Waals surface area (Å²) in [7, 11) is 0. The minimum absolute atomic E-state index is 0.00184. The minimum Gasteiger partial charge on any atom is -0.439 e. The summed E-state index contributed by atoms with van der Waals surface area (Å²) in [4.78, 5) is 16.5. The van der Waals surface area contributed by atoms with Crippen LogP contribution in [0.25, 0.3) is 0 Å². The maximum Gasteiger partial charge on any atom is 0.227 e. The number of nitrogens with zero attached hydrogens (tertiary/aromatic N) is 1. The number of carbonyl (C=O) groups is 1. The molecule has 1 fully saturated rings. The molecule has 1 aromatic heterocycles. The van der Waals surface area contributed by atoms with Crippen molar-refractivity contribution >= 4 is 11.6 Å². The third-order valence-corrected chi connectivity index (χ3v) is 4.60. The van der Waals surface area contributed by atoms with Crippen LogP contribution in [0.15, 0.2) is 42.6 Å². The van der Waals surface area contributed by atoms with Gasteiger partial charge >= 0.3 is 0 Å². The summed E-state index contributed by atoms with van der Waals surface area (Å²) in [5.41, 5.74) is 1.87. The Hall–Kier alpha value is -2.40. The molecule has 5 nitrogen and oxygen atoms in total. The molecule has 2 aromatic rings. The van der Waals surface area contributed by atoms with Gasteiger partial charge in [0, 0.05) is 12.0 Å². The zero-order chi connectivity index (χ0) is 17.6. The number of hydrogen-bond donors (Lipinski definition) is 2. The summed E-state index contributed by atoms with van der Waals surface area (Å²) in [6, 6.07) is 11.5. The van der Waals surface area contributed by atoms with E-state index in [0.29, 0.717) is 24.4 Å². The van der Waals surface area contributed by atoms with Crippen LogP contribution in [-0.2, 0) is 11.2 Å². The van der Waals surface area contributed by atoms with Crippen molar-refractivity contribution in [2.24, 2.45) is 5.92 Å². The number of anilines is 1. The first kappa shape index (κ1) is 17.4. The van der Waals surface area contributed by atoms with Crippen LogP contribution in [0.3, 0.4) is 0 Å². The van der Waals surface area contributed by atoms with Gasteiger partial charge in [-0.25, -0.2) is 4.98 Å². The molecule has 5 heteroatoms. The number of benzene rings is 1. The molecule has 0 saturated heterocycles. The number of aryl methyl sites for hydroxylation is 1. The zero-order valence-corrected chi connectivity index (χ0v) is 14.4. The molecule has 1 aliphatic carbocycles. The molecule has 3 rings (SSSR count). The summed E-state index contributed by atoms with van der Waals surface area (Å²) in [5.74, 6) is 1.21. The highest BCUT2D eigenvalue weighted by Gasteiger charge is 2.25. The Kier molecular flexibility index (Phi) is 5.66. The Labute approximate surface area is 148 Å². The number of pyridine rings is 1. The molecular weight excluding hydrogens is 316 g/mol. The fourth-order valence-corrected chi connectivity index (χ4v) is 3.05. The fourth-order valence-electron chi connectivity index (χ4n) is 3.05. The van der Waals surface area contributed by atoms with Gasteiger partial charge in [-0.1, -0.05) is 19.1 Å². The van der Waals surface area contributed by atoms with Crippen molar-refractivity contribution in [1.82, 2.24) is 4.98 Å². The molecule has 1 heterocycles. The van der Waals surface area contributed by atoms with Gasteiger partial charge in [0.25, 0.3) is 0 Å². The summed E-state index contributed by atoms with van der Waals surface area (Å²) in [6.07, 6.45) is 5.15. The maximum absolute atomic E-state index is 12.3. The SMILES string of the molecule is CCc1cccc(Oc2ccc(NC(=O)C3CCC(O)CC3)cn2)c1. The van der Waals surface area contributed by atoms with Crippen LogP contribution in [0, 0.1) is 5.92 Å². The first-order valence-corrected chi connectivity index (χ1v) is 8.86. The summed E-state index contributed by atoms with van der Waals surface area (Å²) in [6.45, 7) is 2.10. The molecule has 2 N–H and O–H groups in total. The van der Waals surface area contributed by atoms with E-state index in [0.717, 1.165) is 25.0 Å². The van der Waals surface area contributed by atoms with Crippen LogP contribution in [-0.4, -0.2) is 22.1 Å². The number of ether oxygens (including phenoxy) is 1. The van der Waals surface area contributed by atoms with Crippen molar-refractivity contribution < 1.29 is 14.6 Å². The van der Waals surface area contributed by atoms with Crippen LogP contribution < -0.4 is 10.1 Å². The van der Waals surface area contributed by atoms with Crippen molar-refractivity contribution in [3.63, 3.8) is 0 Å². The predicted octanol–water partition coefficient (Wildman–Crippen LogP) is 3.93. The molecule has 0 aliphatic heterocycles. The smallest absolute Gasteiger partial charge is 0.227 e. The lowest BCUT2D eigenvalue weighted by atomic mass is 9.87. The fraction of sp³-hybridized carbons (Fsp3) is 0.400. The number of aliphatic hydroxyl groups is 1. The highest BCUT2D eigenvalue weighted by atomic mass is 16.5. The maximum atomic E-state index is 12.3. The van der Waals surface area contributed by atoms with Gasteiger partial charge in [0.05, 0.1) is 18.0 Å². The highest BCUT2D eigenvalue weighted by Crippen LogP contribution is 2.26. The summed E-state index contributed by atoms with van der Waals surface area (Å²) >= 11 is 0. The van der Waals surface area contributed by atoms with Crippen LogP contribution in [0.5, 0.6) is 11.6 Å². The molecule has 0 atom stereocenters. The average molecular weight is 340 g/mol. The highest BCUT2D eigenvalue weighted by molar-refractivity contribution is 5.92. The standard InChI is InChI=1S/C20H24N2O3/c1-2-14-4-3-5-18(12-14)25-19-11-8-16(13-21-19)22-20(24)15-6-9-17(23)10-7-15/h3-5,8,11-13,15,17,23H,2,6-7,9-10H2,1H3,(H,22,24). The van der Waals surface area contributed by atoms with E-state index in [2.05, 4.69) is 23.3 Å². The van der Waals surface area contributed by atoms with Gasteiger partial charge in [-0.3, -0.25) is 4.79 Å². The quantitative estimate of drug-likeness (QED) is 0.865. The van der Waals surface area contributed by atoms with Crippen molar-refractivity contribution in [3.8, 4) is 11.6 Å². The molecule has 0 bridgehead atoms. The van der Waals surface area contributed by atoms with Gasteiger partial charge in [0.1, 0.15) is 5.75 Å². The number of nitrogens with one attached hydrogen (secondary N) is 1. The Balaban J connectivity index is 1.57. The lowest BCUT2D eigenvalue weighted by molar-refractivity contribution is -0.121. The predicted molar refractivity (Wildman–Crippen MR) is 96.7 cm³/mol. The molecule has 1 aromatic carbocycles. The van der Waals surface area contributed by atoms with Gasteiger partial charge in [-0.15, -0.1) is 0 Å². The summed E-state index contributed by atoms with van der Waals surface area (Å²) in [5, 5.41) is 12.4. The van der Waals surface area contributed by atoms with Gasteiger partial charge in [-0.05, 0) is 55.9 Å². The average Bonchev–Trinajstić information content (AvgIpc) is 2.64. The second-order valence-electron chi connectivity index (χ2n) is 6.48. The van der Waals surface area contributed by atoms with Gasteiger partial charge < -0.3 is 15.2 Å². The van der Waals surface area contributed by atoms with Crippen LogP contribution in [0.2, 0.25) is 0 Å². The third-order valence-electron chi connectivity index (χ3n) is 4.60. The Morgan fingerprint density at radius 2 is 2.04 bits per heavy atom. The minimum atomic E-state index is -0.256. The zero-order valence-electron chi connectivity index (χ0n) is 14.4. The Morgan fingerprint density at radius 3 is 2.72 bits per heavy atom. The molecule has 132 valence electrons. The second kappa shape index (κ2) is 8.12. The summed E-state index contributed by atoms with van der Waals surface area (Å²) < 4.78 is 5.76. The number of aliphatic hydroxyl groups excluding tert-OH is 1. The molecule has 1 saturated carbocycles. The first-order valence-electron chi connectivity index (χ1n) is 8.86. The van der Waals surface area contributed by atoms with Gasteiger partial charge in [0.15, 0.2) is 0 Å². The Bertz CT molecular complexity index is 707. The van der Waals surface area contributed by atoms with Crippen molar-refractivity contribution in [3.05, 3.63) is 48.2 Å². The van der Waals surface area contributed by atoms with Crippen LogP contribution >= 0.6 is 0 Å². The van der Waals surface area contributed by atoms with Crippen molar-refractivity contribution in [1.29, 1.82) is 0 Å². The van der Waals surface area contributed by atoms with E-state index >= 15 is 0 Å². The largest absolute Gasteiger partial charge is 0.439 e. The van der Waals surface area contributed by atoms with Crippen molar-refractivity contribution in [2.45, 2.75) is 45.1 Å². The number of hydrogen-bond acceptors (Lipinski definition) is 4. The Morgan fingerprint density at radius 1 is 1.24 bits per heavy atom. The molecule has 0 unspecified atom stereocenters. The van der Waals surface area contributed by atoms with Crippen LogP contribution in [0.1, 0.15) is 38.2 Å². The molecule has 0 spiro atoms. The van der Waals surface area contributed by atoms with E-state index in [4.69, 9.17) is 4.74 Å².